The molecule has 6 heteroatoms. The number of alkyl halides is 3. The Morgan fingerprint density at radius 1 is 1.33 bits per heavy atom. The topological polar surface area (TPSA) is 55.5 Å². The normalized spacial score (nSPS) is 26.4. The number of aliphatic hydroxyl groups is 1. The van der Waals surface area contributed by atoms with Crippen molar-refractivity contribution in [2.24, 2.45) is 5.73 Å². The van der Waals surface area contributed by atoms with Gasteiger partial charge in [-0.3, -0.25) is 0 Å². The second-order valence-electron chi connectivity index (χ2n) is 4.93. The Balaban J connectivity index is 2.49. The lowest BCUT2D eigenvalue weighted by Gasteiger charge is -2.40. The third kappa shape index (κ3) is 2.06. The lowest BCUT2D eigenvalue weighted by atomic mass is 9.86. The van der Waals surface area contributed by atoms with Crippen LogP contribution in [0.25, 0.3) is 0 Å². The van der Waals surface area contributed by atoms with Crippen molar-refractivity contribution in [2.45, 2.75) is 37.8 Å². The van der Waals surface area contributed by atoms with Gasteiger partial charge in [0.1, 0.15) is 17.5 Å². The van der Waals surface area contributed by atoms with Crippen molar-refractivity contribution in [3.8, 4) is 5.75 Å². The van der Waals surface area contributed by atoms with Gasteiger partial charge in [0.15, 0.2) is 0 Å². The van der Waals surface area contributed by atoms with Gasteiger partial charge < -0.3 is 15.6 Å². The first-order valence-electron chi connectivity index (χ1n) is 5.47. The summed E-state index contributed by atoms with van der Waals surface area (Å²) in [4.78, 5) is 0. The zero-order valence-corrected chi connectivity index (χ0v) is 9.95. The van der Waals surface area contributed by atoms with Crippen molar-refractivity contribution in [1.29, 1.82) is 0 Å². The molecule has 1 heterocycles. The quantitative estimate of drug-likeness (QED) is 0.753. The van der Waals surface area contributed by atoms with E-state index < -0.39 is 29.5 Å². The van der Waals surface area contributed by atoms with Crippen LogP contribution in [-0.4, -0.2) is 16.8 Å². The third-order valence-electron chi connectivity index (χ3n) is 3.12. The summed E-state index contributed by atoms with van der Waals surface area (Å²) < 4.78 is 43.2. The van der Waals surface area contributed by atoms with Crippen LogP contribution in [0.2, 0.25) is 0 Å². The van der Waals surface area contributed by atoms with Gasteiger partial charge in [-0.15, -0.1) is 0 Å². The fraction of sp³-hybridized carbons (Fsp3) is 0.500. The van der Waals surface area contributed by atoms with Crippen LogP contribution in [0.5, 0.6) is 5.75 Å². The Bertz CT molecular complexity index is 471. The highest BCUT2D eigenvalue weighted by molar-refractivity contribution is 5.43. The maximum Gasteiger partial charge on any atom is 0.416 e. The molecule has 0 unspecified atom stereocenters. The largest absolute Gasteiger partial charge is 0.485 e. The molecule has 3 nitrogen and oxygen atoms in total. The minimum atomic E-state index is -4.44. The first-order chi connectivity index (χ1) is 8.13. The third-order valence-corrected chi connectivity index (χ3v) is 3.12. The van der Waals surface area contributed by atoms with Gasteiger partial charge in [0.05, 0.1) is 11.6 Å². The SMILES string of the molecule is CC1(C)Oc2ccc(C(F)(F)F)cc2[C@@H](N)[C@@H]1O. The summed E-state index contributed by atoms with van der Waals surface area (Å²) in [5, 5.41) is 9.91. The monoisotopic (exact) mass is 261 g/mol. The number of aliphatic hydroxyl groups excluding tert-OH is 1. The lowest BCUT2D eigenvalue weighted by molar-refractivity contribution is -0.137. The minimum Gasteiger partial charge on any atom is -0.485 e. The predicted molar refractivity (Wildman–Crippen MR) is 59.1 cm³/mol. The molecule has 0 spiro atoms. The Morgan fingerprint density at radius 2 is 1.94 bits per heavy atom. The van der Waals surface area contributed by atoms with Crippen LogP contribution in [0.4, 0.5) is 13.2 Å². The molecule has 0 fully saturated rings. The molecule has 0 radical (unpaired) electrons. The fourth-order valence-electron chi connectivity index (χ4n) is 2.02. The van der Waals surface area contributed by atoms with Crippen LogP contribution < -0.4 is 10.5 Å². The van der Waals surface area contributed by atoms with Crippen LogP contribution in [0.15, 0.2) is 18.2 Å². The Labute approximate surface area is 102 Å². The highest BCUT2D eigenvalue weighted by Gasteiger charge is 2.42. The van der Waals surface area contributed by atoms with Gasteiger partial charge in [0, 0.05) is 5.56 Å². The molecular weight excluding hydrogens is 247 g/mol. The van der Waals surface area contributed by atoms with Crippen LogP contribution in [0.1, 0.15) is 31.0 Å². The molecule has 1 aliphatic rings. The number of nitrogens with two attached hydrogens (primary N) is 1. The number of fused-ring (bicyclic) bond motifs is 1. The number of benzene rings is 1. The number of hydrogen-bond acceptors (Lipinski definition) is 3. The van der Waals surface area contributed by atoms with Crippen molar-refractivity contribution in [2.75, 3.05) is 0 Å². The maximum atomic E-state index is 12.6. The molecule has 3 N–H and O–H groups in total. The van der Waals surface area contributed by atoms with E-state index in [9.17, 15) is 18.3 Å². The molecule has 18 heavy (non-hydrogen) atoms. The van der Waals surface area contributed by atoms with Crippen molar-refractivity contribution >= 4 is 0 Å². The van der Waals surface area contributed by atoms with Gasteiger partial charge in [0.2, 0.25) is 0 Å². The summed E-state index contributed by atoms with van der Waals surface area (Å²) >= 11 is 0. The van der Waals surface area contributed by atoms with Crippen molar-refractivity contribution in [3.05, 3.63) is 29.3 Å². The van der Waals surface area contributed by atoms with E-state index in [-0.39, 0.29) is 11.3 Å². The molecule has 1 aromatic carbocycles. The number of hydrogen-bond donors (Lipinski definition) is 2. The molecule has 0 saturated carbocycles. The van der Waals surface area contributed by atoms with Gasteiger partial charge in [0.25, 0.3) is 0 Å². The van der Waals surface area contributed by atoms with Crippen LogP contribution in [-0.2, 0) is 6.18 Å². The Hall–Kier alpha value is -1.27. The van der Waals surface area contributed by atoms with E-state index in [0.29, 0.717) is 0 Å². The molecule has 0 saturated heterocycles. The number of ether oxygens (including phenoxy) is 1. The molecule has 2 atom stereocenters. The molecule has 1 aliphatic heterocycles. The smallest absolute Gasteiger partial charge is 0.416 e. The summed E-state index contributed by atoms with van der Waals surface area (Å²) in [5.41, 5.74) is 4.23. The molecule has 1 aromatic rings. The van der Waals surface area contributed by atoms with E-state index >= 15 is 0 Å². The van der Waals surface area contributed by atoms with Gasteiger partial charge >= 0.3 is 6.18 Å². The van der Waals surface area contributed by atoms with E-state index in [0.717, 1.165) is 12.1 Å². The summed E-state index contributed by atoms with van der Waals surface area (Å²) in [6.45, 7) is 3.27. The standard InChI is InChI=1S/C12H14F3NO2/c1-11(2)10(17)9(16)7-5-6(12(13,14)15)3-4-8(7)18-11/h3-5,9-10,17H,16H2,1-2H3/t9-,10+/m1/s1. The van der Waals surface area contributed by atoms with Gasteiger partial charge in [-0.05, 0) is 32.0 Å². The molecule has 100 valence electrons. The highest BCUT2D eigenvalue weighted by atomic mass is 19.4. The van der Waals surface area contributed by atoms with Gasteiger partial charge in [-0.2, -0.15) is 13.2 Å². The van der Waals surface area contributed by atoms with Crippen molar-refractivity contribution in [3.63, 3.8) is 0 Å². The minimum absolute atomic E-state index is 0.177. The zero-order chi connectivity index (χ0) is 13.7. The maximum absolute atomic E-state index is 12.6. The number of rotatable bonds is 0. The zero-order valence-electron chi connectivity index (χ0n) is 9.95. The summed E-state index contributed by atoms with van der Waals surface area (Å²) in [7, 11) is 0. The van der Waals surface area contributed by atoms with Crippen molar-refractivity contribution in [1.82, 2.24) is 0 Å². The van der Waals surface area contributed by atoms with E-state index in [2.05, 4.69) is 0 Å². The first kappa shape index (κ1) is 13.2. The van der Waals surface area contributed by atoms with Gasteiger partial charge in [-0.1, -0.05) is 0 Å². The Kier molecular flexibility index (Phi) is 2.82. The van der Waals surface area contributed by atoms with E-state index in [1.54, 1.807) is 13.8 Å². The van der Waals surface area contributed by atoms with Crippen LogP contribution in [0.3, 0.4) is 0 Å². The molecular formula is C12H14F3NO2. The summed E-state index contributed by atoms with van der Waals surface area (Å²) in [6.07, 6.45) is -5.50. The van der Waals surface area contributed by atoms with Crippen LogP contribution in [0, 0.1) is 0 Å². The van der Waals surface area contributed by atoms with Gasteiger partial charge in [-0.25, -0.2) is 0 Å². The lowest BCUT2D eigenvalue weighted by Crippen LogP contribution is -2.51. The molecule has 0 amide bonds. The fourth-order valence-corrected chi connectivity index (χ4v) is 2.02. The average Bonchev–Trinajstić information content (AvgIpc) is 2.24. The summed E-state index contributed by atoms with van der Waals surface area (Å²) in [5.74, 6) is 0.283. The molecule has 0 aliphatic carbocycles. The molecule has 0 bridgehead atoms. The predicted octanol–water partition coefficient (Wildman–Crippen LogP) is 2.24. The average molecular weight is 261 g/mol. The van der Waals surface area contributed by atoms with E-state index in [4.69, 9.17) is 10.5 Å². The Morgan fingerprint density at radius 3 is 2.50 bits per heavy atom. The van der Waals surface area contributed by atoms with Crippen LogP contribution >= 0.6 is 0 Å². The summed E-state index contributed by atoms with van der Waals surface area (Å²) in [6, 6.07) is 2.22. The van der Waals surface area contributed by atoms with E-state index in [1.165, 1.54) is 6.07 Å². The first-order valence-corrected chi connectivity index (χ1v) is 5.47. The molecule has 0 aromatic heterocycles. The number of halogens is 3. The highest BCUT2D eigenvalue weighted by Crippen LogP contribution is 2.41. The van der Waals surface area contributed by atoms with E-state index in [1.807, 2.05) is 0 Å². The second kappa shape index (κ2) is 3.86. The van der Waals surface area contributed by atoms with Crippen molar-refractivity contribution < 1.29 is 23.0 Å². The molecule has 2 rings (SSSR count). The second-order valence-corrected chi connectivity index (χ2v) is 4.93.